The molecular weight excluding hydrogens is 388 g/mol. The topological polar surface area (TPSA) is 132 Å². The van der Waals surface area contributed by atoms with Crippen molar-refractivity contribution in [2.45, 2.75) is 31.6 Å². The minimum atomic E-state index is -0.783. The Morgan fingerprint density at radius 1 is 1.17 bits per heavy atom. The Hall–Kier alpha value is -3.56. The quantitative estimate of drug-likeness (QED) is 0.698. The van der Waals surface area contributed by atoms with Crippen molar-refractivity contribution in [3.8, 4) is 11.5 Å². The van der Waals surface area contributed by atoms with Crippen LogP contribution in [0.4, 0.5) is 23.3 Å². The van der Waals surface area contributed by atoms with Crippen LogP contribution >= 0.6 is 0 Å². The minimum absolute atomic E-state index is 0.0278. The van der Waals surface area contributed by atoms with E-state index in [1.165, 1.54) is 6.42 Å². The van der Waals surface area contributed by atoms with Gasteiger partial charge < -0.3 is 30.7 Å². The third kappa shape index (κ3) is 3.34. The van der Waals surface area contributed by atoms with E-state index in [0.717, 1.165) is 25.9 Å². The van der Waals surface area contributed by atoms with E-state index in [2.05, 4.69) is 25.5 Å². The van der Waals surface area contributed by atoms with Gasteiger partial charge in [0.25, 0.3) is 0 Å². The lowest BCUT2D eigenvalue weighted by Gasteiger charge is -2.30. The number of anilines is 4. The number of piperidine rings is 1. The van der Waals surface area contributed by atoms with Gasteiger partial charge in [0.2, 0.25) is 24.6 Å². The number of carbonyl (C=O) groups excluding carboxylic acids is 2. The van der Waals surface area contributed by atoms with Crippen LogP contribution in [-0.4, -0.2) is 41.7 Å². The van der Waals surface area contributed by atoms with E-state index in [4.69, 9.17) is 15.2 Å². The highest BCUT2D eigenvalue weighted by molar-refractivity contribution is 6.05. The maximum atomic E-state index is 13.0. The van der Waals surface area contributed by atoms with Crippen molar-refractivity contribution < 1.29 is 19.1 Å². The van der Waals surface area contributed by atoms with Gasteiger partial charge in [-0.2, -0.15) is 9.97 Å². The molecule has 1 atom stereocenters. The summed E-state index contributed by atoms with van der Waals surface area (Å²) in [6.07, 6.45) is 3.27. The molecule has 1 saturated heterocycles. The predicted molar refractivity (Wildman–Crippen MR) is 110 cm³/mol. The molecule has 1 aromatic carbocycles. The smallest absolute Gasteiger partial charge is 0.232 e. The van der Waals surface area contributed by atoms with E-state index in [9.17, 15) is 9.59 Å². The minimum Gasteiger partial charge on any atom is -0.454 e. The fourth-order valence-electron chi connectivity index (χ4n) is 4.05. The number of hydrogen-bond acceptors (Lipinski definition) is 8. The summed E-state index contributed by atoms with van der Waals surface area (Å²) < 4.78 is 10.6. The second-order valence-corrected chi connectivity index (χ2v) is 7.58. The molecular formula is C20H22N6O4. The van der Waals surface area contributed by atoms with Gasteiger partial charge in [0.15, 0.2) is 11.5 Å². The molecule has 3 aliphatic heterocycles. The first-order valence-electron chi connectivity index (χ1n) is 10.0. The molecule has 10 nitrogen and oxygen atoms in total. The fourth-order valence-corrected chi connectivity index (χ4v) is 4.05. The normalized spacial score (nSPS) is 19.8. The molecule has 4 heterocycles. The molecule has 0 aliphatic carbocycles. The van der Waals surface area contributed by atoms with Crippen molar-refractivity contribution >= 4 is 35.1 Å². The Morgan fingerprint density at radius 2 is 1.97 bits per heavy atom. The second kappa shape index (κ2) is 7.36. The Morgan fingerprint density at radius 3 is 2.80 bits per heavy atom. The average Bonchev–Trinajstić information content (AvgIpc) is 3.21. The molecule has 30 heavy (non-hydrogen) atoms. The van der Waals surface area contributed by atoms with Gasteiger partial charge in [-0.3, -0.25) is 9.59 Å². The van der Waals surface area contributed by atoms with E-state index in [0.29, 0.717) is 34.5 Å². The largest absolute Gasteiger partial charge is 0.454 e. The highest BCUT2D eigenvalue weighted by Crippen LogP contribution is 2.38. The summed E-state index contributed by atoms with van der Waals surface area (Å²) in [7, 11) is 0. The molecule has 0 bridgehead atoms. The molecule has 3 aliphatic rings. The number of benzene rings is 1. The zero-order valence-corrected chi connectivity index (χ0v) is 16.3. The SMILES string of the molecule is Nc1nc(N2CCCCC2)nc2c1[C@@H](C(=O)Nc1ccc3c(c1)OCO3)CC(=O)N2. The number of amides is 2. The van der Waals surface area contributed by atoms with Crippen LogP contribution in [0.25, 0.3) is 0 Å². The number of nitrogens with two attached hydrogens (primary N) is 1. The molecule has 1 fully saturated rings. The van der Waals surface area contributed by atoms with E-state index in [1.807, 2.05) is 0 Å². The summed E-state index contributed by atoms with van der Waals surface area (Å²) in [6.45, 7) is 1.84. The van der Waals surface area contributed by atoms with Gasteiger partial charge in [-0.15, -0.1) is 0 Å². The lowest BCUT2D eigenvalue weighted by molar-refractivity contribution is -0.123. The van der Waals surface area contributed by atoms with Crippen LogP contribution in [0.15, 0.2) is 18.2 Å². The molecule has 5 rings (SSSR count). The van der Waals surface area contributed by atoms with Crippen molar-refractivity contribution in [2.75, 3.05) is 41.1 Å². The van der Waals surface area contributed by atoms with E-state index in [-0.39, 0.29) is 30.8 Å². The first-order valence-corrected chi connectivity index (χ1v) is 10.0. The Bertz CT molecular complexity index is 1020. The van der Waals surface area contributed by atoms with E-state index < -0.39 is 5.92 Å². The van der Waals surface area contributed by atoms with Crippen molar-refractivity contribution in [3.63, 3.8) is 0 Å². The van der Waals surface area contributed by atoms with Crippen molar-refractivity contribution in [1.82, 2.24) is 9.97 Å². The monoisotopic (exact) mass is 410 g/mol. The number of aromatic nitrogens is 2. The zero-order valence-electron chi connectivity index (χ0n) is 16.3. The maximum Gasteiger partial charge on any atom is 0.232 e. The standard InChI is InChI=1S/C20H22N6O4/c21-17-16-12(19(28)22-11-4-5-13-14(8-11)30-10-29-13)9-15(27)23-18(16)25-20(24-17)26-6-2-1-3-7-26/h4-5,8,12H,1-3,6-7,9-10H2,(H,22,28)(H3,21,23,24,25,27)/t12-/m0/s1. The van der Waals surface area contributed by atoms with Crippen LogP contribution in [0, 0.1) is 0 Å². The number of fused-ring (bicyclic) bond motifs is 2. The number of ether oxygens (including phenoxy) is 2. The van der Waals surface area contributed by atoms with Crippen LogP contribution in [0.1, 0.15) is 37.2 Å². The Kier molecular flexibility index (Phi) is 4.53. The lowest BCUT2D eigenvalue weighted by atomic mass is 9.92. The number of nitrogens with zero attached hydrogens (tertiary/aromatic N) is 3. The van der Waals surface area contributed by atoms with Gasteiger partial charge in [0, 0.05) is 31.3 Å². The summed E-state index contributed by atoms with van der Waals surface area (Å²) in [4.78, 5) is 36.4. The maximum absolute atomic E-state index is 13.0. The van der Waals surface area contributed by atoms with Crippen molar-refractivity contribution in [1.29, 1.82) is 0 Å². The molecule has 0 saturated carbocycles. The molecule has 0 radical (unpaired) electrons. The van der Waals surface area contributed by atoms with Crippen LogP contribution in [0.2, 0.25) is 0 Å². The van der Waals surface area contributed by atoms with Crippen LogP contribution in [0.3, 0.4) is 0 Å². The average molecular weight is 410 g/mol. The molecule has 0 unspecified atom stereocenters. The van der Waals surface area contributed by atoms with Gasteiger partial charge in [0.05, 0.1) is 11.5 Å². The van der Waals surface area contributed by atoms with Gasteiger partial charge in [-0.25, -0.2) is 0 Å². The Labute approximate surface area is 172 Å². The highest BCUT2D eigenvalue weighted by atomic mass is 16.7. The zero-order chi connectivity index (χ0) is 20.7. The molecule has 4 N–H and O–H groups in total. The van der Waals surface area contributed by atoms with Gasteiger partial charge in [-0.1, -0.05) is 0 Å². The summed E-state index contributed by atoms with van der Waals surface area (Å²) in [5.41, 5.74) is 7.24. The molecule has 1 aromatic heterocycles. The third-order valence-corrected chi connectivity index (χ3v) is 5.55. The fraction of sp³-hybridized carbons (Fsp3) is 0.400. The van der Waals surface area contributed by atoms with Crippen LogP contribution in [0.5, 0.6) is 11.5 Å². The number of hydrogen-bond donors (Lipinski definition) is 3. The van der Waals surface area contributed by atoms with E-state index in [1.54, 1.807) is 18.2 Å². The second-order valence-electron chi connectivity index (χ2n) is 7.58. The lowest BCUT2D eigenvalue weighted by Crippen LogP contribution is -2.35. The van der Waals surface area contributed by atoms with Gasteiger partial charge >= 0.3 is 0 Å². The summed E-state index contributed by atoms with van der Waals surface area (Å²) in [5, 5.41) is 5.58. The van der Waals surface area contributed by atoms with Gasteiger partial charge in [0.1, 0.15) is 11.6 Å². The molecule has 2 aromatic rings. The van der Waals surface area contributed by atoms with Crippen LogP contribution < -0.4 is 30.7 Å². The van der Waals surface area contributed by atoms with Crippen molar-refractivity contribution in [3.05, 3.63) is 23.8 Å². The molecule has 156 valence electrons. The summed E-state index contributed by atoms with van der Waals surface area (Å²) in [6, 6.07) is 5.12. The van der Waals surface area contributed by atoms with E-state index >= 15 is 0 Å². The highest BCUT2D eigenvalue weighted by Gasteiger charge is 2.35. The summed E-state index contributed by atoms with van der Waals surface area (Å²) >= 11 is 0. The predicted octanol–water partition coefficient (Wildman–Crippen LogP) is 1.84. The number of nitrogen functional groups attached to an aromatic ring is 1. The molecule has 0 spiro atoms. The van der Waals surface area contributed by atoms with Crippen LogP contribution in [-0.2, 0) is 9.59 Å². The Balaban J connectivity index is 1.42. The summed E-state index contributed by atoms with van der Waals surface area (Å²) in [5.74, 6) is 0.776. The number of nitrogens with one attached hydrogen (secondary N) is 2. The first-order chi connectivity index (χ1) is 14.6. The van der Waals surface area contributed by atoms with Gasteiger partial charge in [-0.05, 0) is 31.4 Å². The molecule has 2 amide bonds. The number of rotatable bonds is 3. The first kappa shape index (κ1) is 18.5. The molecule has 10 heteroatoms. The third-order valence-electron chi connectivity index (χ3n) is 5.55. The number of carbonyl (C=O) groups is 2. The van der Waals surface area contributed by atoms with Crippen molar-refractivity contribution in [2.24, 2.45) is 0 Å².